The van der Waals surface area contributed by atoms with Crippen LogP contribution in [0.5, 0.6) is 0 Å². The van der Waals surface area contributed by atoms with Crippen molar-refractivity contribution in [2.75, 3.05) is 0 Å². The zero-order valence-corrected chi connectivity index (χ0v) is 11.1. The van der Waals surface area contributed by atoms with Crippen LogP contribution >= 0.6 is 0 Å². The van der Waals surface area contributed by atoms with E-state index >= 15 is 0 Å². The van der Waals surface area contributed by atoms with Crippen LogP contribution in [0, 0.1) is 6.92 Å². The van der Waals surface area contributed by atoms with E-state index in [2.05, 4.69) is 43.1 Å². The summed E-state index contributed by atoms with van der Waals surface area (Å²) < 4.78 is 0. The lowest BCUT2D eigenvalue weighted by Gasteiger charge is -2.15. The van der Waals surface area contributed by atoms with Gasteiger partial charge in [-0.1, -0.05) is 36.8 Å². The molecule has 18 heavy (non-hydrogen) atoms. The number of aromatic nitrogens is 1. The molecular formula is C16H20N2. The Hall–Kier alpha value is -1.67. The standard InChI is InChI=1S/C16H20N2/c1-3-14-11-18-9-8-15(14)16(17)10-13-6-4-12(2)5-7-13/h4-9,11,16H,3,10,17H2,1-2H3. The maximum Gasteiger partial charge on any atom is 0.0339 e. The number of rotatable bonds is 4. The Bertz CT molecular complexity index is 503. The van der Waals surface area contributed by atoms with Gasteiger partial charge in [0.2, 0.25) is 0 Å². The smallest absolute Gasteiger partial charge is 0.0339 e. The lowest BCUT2D eigenvalue weighted by atomic mass is 9.95. The van der Waals surface area contributed by atoms with Crippen LogP contribution in [0.4, 0.5) is 0 Å². The van der Waals surface area contributed by atoms with E-state index in [0.717, 1.165) is 12.8 Å². The Morgan fingerprint density at radius 3 is 2.56 bits per heavy atom. The molecule has 0 bridgehead atoms. The van der Waals surface area contributed by atoms with Gasteiger partial charge in [-0.05, 0) is 42.5 Å². The molecule has 0 saturated heterocycles. The van der Waals surface area contributed by atoms with Crippen LogP contribution in [0.25, 0.3) is 0 Å². The zero-order valence-electron chi connectivity index (χ0n) is 11.1. The zero-order chi connectivity index (χ0) is 13.0. The lowest BCUT2D eigenvalue weighted by molar-refractivity contribution is 0.709. The van der Waals surface area contributed by atoms with Gasteiger partial charge in [0.05, 0.1) is 0 Å². The van der Waals surface area contributed by atoms with E-state index in [-0.39, 0.29) is 6.04 Å². The first kappa shape index (κ1) is 12.8. The third-order valence-corrected chi connectivity index (χ3v) is 3.30. The fourth-order valence-corrected chi connectivity index (χ4v) is 2.18. The summed E-state index contributed by atoms with van der Waals surface area (Å²) in [5.74, 6) is 0. The number of hydrogen-bond donors (Lipinski definition) is 1. The van der Waals surface area contributed by atoms with Gasteiger partial charge in [-0.25, -0.2) is 0 Å². The quantitative estimate of drug-likeness (QED) is 0.891. The lowest BCUT2D eigenvalue weighted by Crippen LogP contribution is -2.15. The van der Waals surface area contributed by atoms with E-state index in [1.165, 1.54) is 22.3 Å². The molecule has 1 atom stereocenters. The number of nitrogens with zero attached hydrogens (tertiary/aromatic N) is 1. The van der Waals surface area contributed by atoms with Crippen molar-refractivity contribution in [2.45, 2.75) is 32.7 Å². The molecule has 0 saturated carbocycles. The Kier molecular flexibility index (Phi) is 4.11. The van der Waals surface area contributed by atoms with Crippen molar-refractivity contribution >= 4 is 0 Å². The Morgan fingerprint density at radius 2 is 1.89 bits per heavy atom. The summed E-state index contributed by atoms with van der Waals surface area (Å²) in [6.07, 6.45) is 5.59. The third kappa shape index (κ3) is 2.96. The summed E-state index contributed by atoms with van der Waals surface area (Å²) in [6.45, 7) is 4.24. The molecule has 0 amide bonds. The fourth-order valence-electron chi connectivity index (χ4n) is 2.18. The van der Waals surface area contributed by atoms with Gasteiger partial charge in [-0.3, -0.25) is 4.98 Å². The highest BCUT2D eigenvalue weighted by molar-refractivity contribution is 5.29. The second-order valence-electron chi connectivity index (χ2n) is 4.72. The topological polar surface area (TPSA) is 38.9 Å². The van der Waals surface area contributed by atoms with Crippen LogP contribution in [0.1, 0.15) is 35.2 Å². The van der Waals surface area contributed by atoms with Gasteiger partial charge in [0, 0.05) is 18.4 Å². The Morgan fingerprint density at radius 1 is 1.17 bits per heavy atom. The van der Waals surface area contributed by atoms with Crippen LogP contribution in [0.2, 0.25) is 0 Å². The van der Waals surface area contributed by atoms with E-state index in [1.54, 1.807) is 0 Å². The summed E-state index contributed by atoms with van der Waals surface area (Å²) in [5, 5.41) is 0. The van der Waals surface area contributed by atoms with Gasteiger partial charge in [0.15, 0.2) is 0 Å². The molecule has 1 aromatic carbocycles. The molecule has 0 radical (unpaired) electrons. The summed E-state index contributed by atoms with van der Waals surface area (Å²) in [6, 6.07) is 10.7. The molecule has 1 heterocycles. The van der Waals surface area contributed by atoms with E-state index in [4.69, 9.17) is 5.73 Å². The minimum Gasteiger partial charge on any atom is -0.324 e. The van der Waals surface area contributed by atoms with Gasteiger partial charge in [-0.2, -0.15) is 0 Å². The van der Waals surface area contributed by atoms with Gasteiger partial charge in [-0.15, -0.1) is 0 Å². The van der Waals surface area contributed by atoms with Crippen molar-refractivity contribution in [3.05, 3.63) is 65.0 Å². The van der Waals surface area contributed by atoms with E-state index in [9.17, 15) is 0 Å². The largest absolute Gasteiger partial charge is 0.324 e. The van der Waals surface area contributed by atoms with E-state index in [0.29, 0.717) is 0 Å². The highest BCUT2D eigenvalue weighted by Crippen LogP contribution is 2.20. The van der Waals surface area contributed by atoms with Crippen molar-refractivity contribution < 1.29 is 0 Å². The molecule has 0 fully saturated rings. The Balaban J connectivity index is 2.16. The molecule has 2 rings (SSSR count). The Labute approximate surface area is 109 Å². The molecule has 0 aliphatic rings. The number of nitrogens with two attached hydrogens (primary N) is 1. The average molecular weight is 240 g/mol. The summed E-state index contributed by atoms with van der Waals surface area (Å²) in [7, 11) is 0. The van der Waals surface area contributed by atoms with Crippen LogP contribution in [-0.4, -0.2) is 4.98 Å². The molecule has 2 heteroatoms. The first-order chi connectivity index (χ1) is 8.70. The first-order valence-electron chi connectivity index (χ1n) is 6.44. The highest BCUT2D eigenvalue weighted by Gasteiger charge is 2.10. The summed E-state index contributed by atoms with van der Waals surface area (Å²) in [4.78, 5) is 4.16. The molecule has 94 valence electrons. The van der Waals surface area contributed by atoms with Gasteiger partial charge < -0.3 is 5.73 Å². The predicted octanol–water partition coefficient (Wildman–Crippen LogP) is 3.19. The number of hydrogen-bond acceptors (Lipinski definition) is 2. The second kappa shape index (κ2) is 5.78. The molecular weight excluding hydrogens is 220 g/mol. The molecule has 1 unspecified atom stereocenters. The van der Waals surface area contributed by atoms with Crippen LogP contribution < -0.4 is 5.73 Å². The van der Waals surface area contributed by atoms with Crippen molar-refractivity contribution in [1.82, 2.24) is 4.98 Å². The van der Waals surface area contributed by atoms with E-state index in [1.807, 2.05) is 18.5 Å². The SMILES string of the molecule is CCc1cnccc1C(N)Cc1ccc(C)cc1. The van der Waals surface area contributed by atoms with Crippen molar-refractivity contribution in [3.8, 4) is 0 Å². The molecule has 2 N–H and O–H groups in total. The second-order valence-corrected chi connectivity index (χ2v) is 4.72. The number of pyridine rings is 1. The first-order valence-corrected chi connectivity index (χ1v) is 6.44. The summed E-state index contributed by atoms with van der Waals surface area (Å²) >= 11 is 0. The summed E-state index contributed by atoms with van der Waals surface area (Å²) in [5.41, 5.74) is 11.3. The maximum absolute atomic E-state index is 6.31. The molecule has 0 spiro atoms. The van der Waals surface area contributed by atoms with Gasteiger partial charge >= 0.3 is 0 Å². The van der Waals surface area contributed by atoms with Crippen LogP contribution in [0.15, 0.2) is 42.7 Å². The predicted molar refractivity (Wildman–Crippen MR) is 75.4 cm³/mol. The highest BCUT2D eigenvalue weighted by atomic mass is 14.7. The fraction of sp³-hybridized carbons (Fsp3) is 0.312. The average Bonchev–Trinajstić information content (AvgIpc) is 2.41. The maximum atomic E-state index is 6.31. The van der Waals surface area contributed by atoms with Gasteiger partial charge in [0.25, 0.3) is 0 Å². The van der Waals surface area contributed by atoms with Crippen molar-refractivity contribution in [2.24, 2.45) is 5.73 Å². The molecule has 2 nitrogen and oxygen atoms in total. The van der Waals surface area contributed by atoms with Crippen LogP contribution in [0.3, 0.4) is 0 Å². The monoisotopic (exact) mass is 240 g/mol. The van der Waals surface area contributed by atoms with E-state index < -0.39 is 0 Å². The molecule has 0 aliphatic heterocycles. The third-order valence-electron chi connectivity index (χ3n) is 3.30. The molecule has 1 aromatic heterocycles. The molecule has 2 aromatic rings. The minimum absolute atomic E-state index is 0.0469. The van der Waals surface area contributed by atoms with Crippen molar-refractivity contribution in [1.29, 1.82) is 0 Å². The number of aryl methyl sites for hydroxylation is 2. The minimum atomic E-state index is 0.0469. The number of benzene rings is 1. The van der Waals surface area contributed by atoms with Gasteiger partial charge in [0.1, 0.15) is 0 Å². The normalized spacial score (nSPS) is 12.4. The van der Waals surface area contributed by atoms with Crippen LogP contribution in [-0.2, 0) is 12.8 Å². The van der Waals surface area contributed by atoms with Crippen molar-refractivity contribution in [3.63, 3.8) is 0 Å². The molecule has 0 aliphatic carbocycles.